The second kappa shape index (κ2) is 6.76. The first-order valence-corrected chi connectivity index (χ1v) is 7.58. The molecule has 0 fully saturated rings. The van der Waals surface area contributed by atoms with Crippen LogP contribution in [0.1, 0.15) is 30.1 Å². The minimum absolute atomic E-state index is 0.443. The van der Waals surface area contributed by atoms with Gasteiger partial charge in [-0.15, -0.1) is 11.3 Å². The van der Waals surface area contributed by atoms with Crippen LogP contribution in [0.4, 0.5) is 5.82 Å². The molecule has 2 aromatic heterocycles. The summed E-state index contributed by atoms with van der Waals surface area (Å²) < 4.78 is 0. The van der Waals surface area contributed by atoms with E-state index in [2.05, 4.69) is 39.0 Å². The summed E-state index contributed by atoms with van der Waals surface area (Å²) in [5.41, 5.74) is 3.93. The zero-order valence-electron chi connectivity index (χ0n) is 12.4. The van der Waals surface area contributed by atoms with Crippen LogP contribution in [0, 0.1) is 6.92 Å². The quantitative estimate of drug-likeness (QED) is 0.885. The molecule has 0 radical (unpaired) electrons. The number of aryl methyl sites for hydroxylation is 1. The summed E-state index contributed by atoms with van der Waals surface area (Å²) in [6.07, 6.45) is 3.61. The van der Waals surface area contributed by atoms with E-state index < -0.39 is 0 Å². The summed E-state index contributed by atoms with van der Waals surface area (Å²) >= 11 is 1.68. The van der Waals surface area contributed by atoms with Crippen LogP contribution in [0.5, 0.6) is 0 Å². The van der Waals surface area contributed by atoms with E-state index in [-0.39, 0.29) is 0 Å². The van der Waals surface area contributed by atoms with E-state index in [1.807, 2.05) is 25.7 Å². The van der Waals surface area contributed by atoms with Crippen molar-refractivity contribution in [3.63, 3.8) is 0 Å². The van der Waals surface area contributed by atoms with Gasteiger partial charge >= 0.3 is 0 Å². The minimum Gasteiger partial charge on any atom is -0.353 e. The van der Waals surface area contributed by atoms with Crippen molar-refractivity contribution in [1.82, 2.24) is 20.3 Å². The molecule has 108 valence electrons. The third-order valence-corrected chi connectivity index (χ3v) is 3.90. The normalized spacial score (nSPS) is 11.1. The third-order valence-electron chi connectivity index (χ3n) is 2.98. The summed E-state index contributed by atoms with van der Waals surface area (Å²) in [7, 11) is 2.03. The zero-order valence-corrected chi connectivity index (χ0v) is 13.2. The van der Waals surface area contributed by atoms with Crippen molar-refractivity contribution < 1.29 is 0 Å². The van der Waals surface area contributed by atoms with Crippen molar-refractivity contribution >= 4 is 17.2 Å². The predicted octanol–water partition coefficient (Wildman–Crippen LogP) is 2.38. The van der Waals surface area contributed by atoms with Crippen LogP contribution < -0.4 is 10.2 Å². The predicted molar refractivity (Wildman–Crippen MR) is 83.0 cm³/mol. The standard InChI is InChI=1S/C14H21N5S/c1-10(2)16-6-12-5-15-7-14(18-12)19(4)8-13-11(3)17-9-20-13/h5,7,9-10,16H,6,8H2,1-4H3. The lowest BCUT2D eigenvalue weighted by molar-refractivity contribution is 0.580. The Morgan fingerprint density at radius 2 is 2.15 bits per heavy atom. The molecule has 0 spiro atoms. The number of anilines is 1. The Kier molecular flexibility index (Phi) is 5.03. The topological polar surface area (TPSA) is 53.9 Å². The summed E-state index contributed by atoms with van der Waals surface area (Å²) in [5.74, 6) is 0.890. The van der Waals surface area contributed by atoms with Gasteiger partial charge in [0.15, 0.2) is 0 Å². The highest BCUT2D eigenvalue weighted by atomic mass is 32.1. The van der Waals surface area contributed by atoms with Crippen molar-refractivity contribution in [1.29, 1.82) is 0 Å². The second-order valence-corrected chi connectivity index (χ2v) is 6.06. The van der Waals surface area contributed by atoms with Crippen molar-refractivity contribution in [2.45, 2.75) is 39.9 Å². The number of aromatic nitrogens is 3. The smallest absolute Gasteiger partial charge is 0.147 e. The fourth-order valence-electron chi connectivity index (χ4n) is 1.75. The van der Waals surface area contributed by atoms with Crippen LogP contribution in [0.25, 0.3) is 0 Å². The number of rotatable bonds is 6. The molecule has 2 rings (SSSR count). The van der Waals surface area contributed by atoms with Gasteiger partial charge < -0.3 is 10.2 Å². The lowest BCUT2D eigenvalue weighted by atomic mass is 10.3. The Morgan fingerprint density at radius 3 is 2.80 bits per heavy atom. The molecule has 0 aliphatic heterocycles. The van der Waals surface area contributed by atoms with Gasteiger partial charge in [0.1, 0.15) is 5.82 Å². The third kappa shape index (κ3) is 3.98. The van der Waals surface area contributed by atoms with Gasteiger partial charge in [-0.2, -0.15) is 0 Å². The minimum atomic E-state index is 0.443. The highest BCUT2D eigenvalue weighted by Gasteiger charge is 2.09. The van der Waals surface area contributed by atoms with Crippen LogP contribution in [0.2, 0.25) is 0 Å². The van der Waals surface area contributed by atoms with E-state index in [9.17, 15) is 0 Å². The molecule has 5 nitrogen and oxygen atoms in total. The molecule has 0 aliphatic carbocycles. The molecule has 6 heteroatoms. The second-order valence-electron chi connectivity index (χ2n) is 5.12. The number of nitrogens with one attached hydrogen (secondary N) is 1. The highest BCUT2D eigenvalue weighted by Crippen LogP contribution is 2.17. The summed E-state index contributed by atoms with van der Waals surface area (Å²) in [6, 6.07) is 0.443. The summed E-state index contributed by atoms with van der Waals surface area (Å²) in [6.45, 7) is 7.83. The fourth-order valence-corrected chi connectivity index (χ4v) is 2.58. The maximum Gasteiger partial charge on any atom is 0.147 e. The van der Waals surface area contributed by atoms with Crippen molar-refractivity contribution in [3.8, 4) is 0 Å². The lowest BCUT2D eigenvalue weighted by Crippen LogP contribution is -2.23. The molecular formula is C14H21N5S. The van der Waals surface area contributed by atoms with E-state index in [1.54, 1.807) is 17.5 Å². The Labute approximate surface area is 124 Å². The van der Waals surface area contributed by atoms with E-state index >= 15 is 0 Å². The Bertz CT molecular complexity index is 552. The van der Waals surface area contributed by atoms with Crippen LogP contribution >= 0.6 is 11.3 Å². The number of hydrogen-bond donors (Lipinski definition) is 1. The van der Waals surface area contributed by atoms with Gasteiger partial charge in [0.25, 0.3) is 0 Å². The maximum absolute atomic E-state index is 4.64. The lowest BCUT2D eigenvalue weighted by Gasteiger charge is -2.18. The van der Waals surface area contributed by atoms with Crippen LogP contribution in [-0.4, -0.2) is 28.0 Å². The first kappa shape index (κ1) is 14.9. The molecule has 0 aromatic carbocycles. The average molecular weight is 291 g/mol. The van der Waals surface area contributed by atoms with Gasteiger partial charge in [0, 0.05) is 30.7 Å². The molecule has 0 saturated carbocycles. The Balaban J connectivity index is 2.04. The maximum atomic E-state index is 4.64. The van der Waals surface area contributed by atoms with Crippen LogP contribution in [-0.2, 0) is 13.1 Å². The first-order valence-electron chi connectivity index (χ1n) is 6.70. The van der Waals surface area contributed by atoms with Crippen LogP contribution in [0.3, 0.4) is 0 Å². The number of hydrogen-bond acceptors (Lipinski definition) is 6. The van der Waals surface area contributed by atoms with Gasteiger partial charge in [-0.05, 0) is 6.92 Å². The monoisotopic (exact) mass is 291 g/mol. The summed E-state index contributed by atoms with van der Waals surface area (Å²) in [5, 5.41) is 3.35. The fraction of sp³-hybridized carbons (Fsp3) is 0.500. The number of thiazole rings is 1. The highest BCUT2D eigenvalue weighted by molar-refractivity contribution is 7.09. The molecule has 2 aromatic rings. The molecule has 2 heterocycles. The van der Waals surface area contributed by atoms with E-state index in [1.165, 1.54) is 4.88 Å². The molecule has 0 unspecified atom stereocenters. The van der Waals surface area contributed by atoms with Gasteiger partial charge in [-0.1, -0.05) is 13.8 Å². The van der Waals surface area contributed by atoms with Crippen molar-refractivity contribution in [3.05, 3.63) is 34.2 Å². The van der Waals surface area contributed by atoms with E-state index in [0.29, 0.717) is 6.04 Å². The molecule has 0 amide bonds. The summed E-state index contributed by atoms with van der Waals surface area (Å²) in [4.78, 5) is 16.6. The molecule has 1 N–H and O–H groups in total. The molecule has 0 bridgehead atoms. The molecule has 0 atom stereocenters. The van der Waals surface area contributed by atoms with E-state index in [4.69, 9.17) is 0 Å². The molecule has 0 aliphatic rings. The van der Waals surface area contributed by atoms with Crippen molar-refractivity contribution in [2.75, 3.05) is 11.9 Å². The first-order chi connectivity index (χ1) is 9.56. The zero-order chi connectivity index (χ0) is 14.5. The largest absolute Gasteiger partial charge is 0.353 e. The average Bonchev–Trinajstić information content (AvgIpc) is 2.82. The van der Waals surface area contributed by atoms with Crippen molar-refractivity contribution in [2.24, 2.45) is 0 Å². The van der Waals surface area contributed by atoms with Gasteiger partial charge in [0.2, 0.25) is 0 Å². The van der Waals surface area contributed by atoms with E-state index in [0.717, 1.165) is 30.3 Å². The SMILES string of the molecule is Cc1ncsc1CN(C)c1cncc(CNC(C)C)n1. The Hall–Kier alpha value is -1.53. The van der Waals surface area contributed by atoms with Gasteiger partial charge in [0.05, 0.1) is 29.6 Å². The molecule has 20 heavy (non-hydrogen) atoms. The Morgan fingerprint density at radius 1 is 1.35 bits per heavy atom. The molecular weight excluding hydrogens is 270 g/mol. The number of nitrogens with zero attached hydrogens (tertiary/aromatic N) is 4. The molecule has 0 saturated heterocycles. The van der Waals surface area contributed by atoms with Gasteiger partial charge in [-0.25, -0.2) is 9.97 Å². The van der Waals surface area contributed by atoms with Gasteiger partial charge in [-0.3, -0.25) is 4.98 Å². The van der Waals surface area contributed by atoms with Crippen LogP contribution in [0.15, 0.2) is 17.9 Å².